The van der Waals surface area contributed by atoms with Gasteiger partial charge in [-0.15, -0.1) is 0 Å². The highest BCUT2D eigenvalue weighted by Crippen LogP contribution is 2.86. The molecule has 4 aliphatic rings. The first-order valence-electron chi connectivity index (χ1n) is 27.9. The minimum atomic E-state index is -3.67. The number of benzene rings is 8. The van der Waals surface area contributed by atoms with Crippen molar-refractivity contribution in [1.29, 1.82) is 0 Å². The molecule has 12 rings (SSSR count). The number of hydrogen-bond donors (Lipinski definition) is 0. The fourth-order valence-corrected chi connectivity index (χ4v) is 39.9. The lowest BCUT2D eigenvalue weighted by atomic mass is 9.93. The van der Waals surface area contributed by atoms with Crippen molar-refractivity contribution in [2.45, 2.75) is 52.4 Å². The second-order valence-electron chi connectivity index (χ2n) is 21.4. The summed E-state index contributed by atoms with van der Waals surface area (Å²) >= 11 is 33.0. The molecule has 4 unspecified atom stereocenters. The molecule has 2 saturated heterocycles. The van der Waals surface area contributed by atoms with Crippen LogP contribution in [-0.4, -0.2) is 50.6 Å². The minimum absolute atomic E-state index is 0.102. The van der Waals surface area contributed by atoms with Crippen LogP contribution in [-0.2, 0) is 70.5 Å². The molecule has 0 N–H and O–H groups in total. The zero-order valence-electron chi connectivity index (χ0n) is 46.5. The standard InChI is InChI=1S/C62H65Cl4N9O4P6/c63-80(72(41-54-25-9-1-10-26-54)42-55-27-11-2-12-28-55)53-81(68-82(64,67-80)73(43-56-29-13-3-14-30-56)44-57-31-15-4-16-32-57)76-49-62(50-77-81)51-78-85(79-52-62)70-83(65,74(45-58-33-17-5-18-34-58)46-59-35-19-6-20-36-59)69-84(66,71-85)75(47-60-37-21-7-22-38-60)48-61-39-23-8-24-40-61/h1-40,53H,41-52H2. The van der Waals surface area contributed by atoms with Crippen LogP contribution in [0, 0.1) is 5.41 Å². The topological polar surface area (TPSA) is 112 Å². The zero-order valence-corrected chi connectivity index (χ0v) is 54.9. The van der Waals surface area contributed by atoms with E-state index in [9.17, 15) is 0 Å². The number of halogens is 4. The third-order valence-electron chi connectivity index (χ3n) is 14.8. The molecule has 0 aromatic heterocycles. The lowest BCUT2D eigenvalue weighted by Crippen LogP contribution is -2.45. The van der Waals surface area contributed by atoms with Gasteiger partial charge < -0.3 is 18.1 Å². The molecule has 4 atom stereocenters. The molecule has 0 amide bonds. The van der Waals surface area contributed by atoms with E-state index in [-0.39, 0.29) is 26.4 Å². The van der Waals surface area contributed by atoms with E-state index in [1.54, 1.807) is 0 Å². The Balaban J connectivity index is 0.938. The van der Waals surface area contributed by atoms with E-state index in [0.717, 1.165) is 44.5 Å². The van der Waals surface area contributed by atoms with Crippen molar-refractivity contribution in [3.05, 3.63) is 287 Å². The van der Waals surface area contributed by atoms with E-state index in [1.807, 2.05) is 151 Å². The molecule has 13 nitrogen and oxygen atoms in total. The maximum absolute atomic E-state index is 8.32. The lowest BCUT2D eigenvalue weighted by Gasteiger charge is -2.47. The van der Waals surface area contributed by atoms with Crippen LogP contribution in [0.1, 0.15) is 44.5 Å². The number of hydrogen-bond acceptors (Lipinski definition) is 13. The Hall–Kier alpha value is -3.95. The second-order valence-corrected chi connectivity index (χ2v) is 41.0. The Morgan fingerprint density at radius 3 is 0.835 bits per heavy atom. The molecule has 0 bridgehead atoms. The molecule has 8 aromatic carbocycles. The molecular formula is C62H65Cl4N9O4P6. The van der Waals surface area contributed by atoms with E-state index in [1.165, 1.54) is 0 Å². The lowest BCUT2D eigenvalue weighted by molar-refractivity contribution is -0.0562. The van der Waals surface area contributed by atoms with Gasteiger partial charge >= 0.3 is 7.66 Å². The highest BCUT2D eigenvalue weighted by molar-refractivity contribution is 8.13. The zero-order chi connectivity index (χ0) is 58.3. The van der Waals surface area contributed by atoms with Crippen LogP contribution in [0.5, 0.6) is 0 Å². The van der Waals surface area contributed by atoms with E-state index >= 15 is 0 Å². The molecule has 440 valence electrons. The third kappa shape index (κ3) is 15.0. The highest BCUT2D eigenvalue weighted by atomic mass is 35.7. The normalized spacial score (nSPS) is 27.2. The van der Waals surface area contributed by atoms with Crippen LogP contribution in [0.25, 0.3) is 0 Å². The first-order chi connectivity index (χ1) is 41.3. The maximum atomic E-state index is 8.32. The van der Waals surface area contributed by atoms with Gasteiger partial charge in [-0.05, 0) is 78.2 Å². The van der Waals surface area contributed by atoms with Crippen molar-refractivity contribution >= 4 is 92.3 Å². The minimum Gasteiger partial charge on any atom is -0.320 e. The summed E-state index contributed by atoms with van der Waals surface area (Å²) in [7, 11) is -7.11. The summed E-state index contributed by atoms with van der Waals surface area (Å²) < 4.78 is 65.2. The summed E-state index contributed by atoms with van der Waals surface area (Å²) in [6.07, 6.45) is 0. The van der Waals surface area contributed by atoms with E-state index in [4.69, 9.17) is 85.6 Å². The van der Waals surface area contributed by atoms with Crippen molar-refractivity contribution in [2.75, 3.05) is 26.4 Å². The summed E-state index contributed by atoms with van der Waals surface area (Å²) in [5.41, 5.74) is 9.56. The molecule has 4 aliphatic heterocycles. The van der Waals surface area contributed by atoms with Gasteiger partial charge in [-0.3, -0.25) is 0 Å². The van der Waals surface area contributed by atoms with Gasteiger partial charge in [0.2, 0.25) is 27.6 Å². The Kier molecular flexibility index (Phi) is 19.5. The Bertz CT molecular complexity index is 3300. The van der Waals surface area contributed by atoms with Gasteiger partial charge in [-0.2, -0.15) is 18.1 Å². The summed E-state index contributed by atoms with van der Waals surface area (Å²) in [5, 5.41) is 0. The van der Waals surface area contributed by atoms with E-state index in [2.05, 4.69) is 116 Å². The van der Waals surface area contributed by atoms with Crippen LogP contribution < -0.4 is 0 Å². The Morgan fingerprint density at radius 2 is 0.541 bits per heavy atom. The van der Waals surface area contributed by atoms with Crippen LogP contribution in [0.3, 0.4) is 0 Å². The molecule has 4 heterocycles. The molecule has 3 spiro atoms. The fourth-order valence-electron chi connectivity index (χ4n) is 10.3. The maximum Gasteiger partial charge on any atom is 0.345 e. The summed E-state index contributed by atoms with van der Waals surface area (Å²) in [5.74, 6) is 0. The number of nitrogens with zero attached hydrogens (tertiary/aromatic N) is 9. The molecule has 0 saturated carbocycles. The van der Waals surface area contributed by atoms with Crippen LogP contribution >= 0.6 is 86.8 Å². The summed E-state index contributed by atoms with van der Waals surface area (Å²) in [4.78, 5) is 0. The first kappa shape index (κ1) is 61.3. The monoisotopic (exact) mass is 1330 g/mol. The molecular weight excluding hydrogens is 1260 g/mol. The quantitative estimate of drug-likeness (QED) is 0.0694. The van der Waals surface area contributed by atoms with E-state index < -0.39 is 47.2 Å². The average molecular weight is 1330 g/mol. The highest BCUT2D eigenvalue weighted by Gasteiger charge is 2.53. The van der Waals surface area contributed by atoms with Crippen LogP contribution in [0.2, 0.25) is 0 Å². The molecule has 85 heavy (non-hydrogen) atoms. The third-order valence-corrected chi connectivity index (χ3v) is 40.0. The van der Waals surface area contributed by atoms with Crippen LogP contribution in [0.15, 0.2) is 265 Å². The molecule has 23 heteroatoms. The molecule has 8 aromatic rings. The van der Waals surface area contributed by atoms with Gasteiger partial charge in [-0.25, -0.2) is 23.2 Å². The van der Waals surface area contributed by atoms with Gasteiger partial charge in [-0.1, -0.05) is 254 Å². The van der Waals surface area contributed by atoms with Gasteiger partial charge in [0.1, 0.15) is 0 Å². The SMILES string of the molecule is ClP1(N(Cc2ccccc2)Cc2ccccc2)=NP(Cl)(N(Cc2ccccc2)Cc2ccccc2)=NP2(=C1)OCC1(CO2)COP2(=NP(Cl)(N(Cc3ccccc3)Cc3ccccc3)=NP(Cl)(N(Cc3ccccc3)Cc3ccccc3)=N2)OC1. The molecule has 0 radical (unpaired) electrons. The largest absolute Gasteiger partial charge is 0.345 e. The molecule has 0 aliphatic carbocycles. The van der Waals surface area contributed by atoms with Crippen molar-refractivity contribution in [3.8, 4) is 0 Å². The average Bonchev–Trinajstić information content (AvgIpc) is 1.58. The summed E-state index contributed by atoms with van der Waals surface area (Å²) in [6.45, 7) is -9.80. The van der Waals surface area contributed by atoms with Gasteiger partial charge in [0.25, 0.3) is 0 Å². The Labute approximate surface area is 519 Å². The van der Waals surface area contributed by atoms with E-state index in [0.29, 0.717) is 52.4 Å². The Morgan fingerprint density at radius 1 is 0.294 bits per heavy atom. The van der Waals surface area contributed by atoms with Gasteiger partial charge in [0, 0.05) is 52.4 Å². The molecule has 2 fully saturated rings. The predicted octanol–water partition coefficient (Wildman–Crippen LogP) is 21.2. The van der Waals surface area contributed by atoms with Crippen molar-refractivity contribution < 1.29 is 18.1 Å². The summed E-state index contributed by atoms with van der Waals surface area (Å²) in [6, 6.07) is 82.0. The fraction of sp³-hybridized carbons (Fsp3) is 0.210. The first-order valence-corrected chi connectivity index (χ1v) is 41.4. The second kappa shape index (κ2) is 27.0. The van der Waals surface area contributed by atoms with Gasteiger partial charge in [0.05, 0.1) is 37.4 Å². The van der Waals surface area contributed by atoms with Crippen molar-refractivity contribution in [2.24, 2.45) is 28.0 Å². The van der Waals surface area contributed by atoms with Gasteiger partial charge in [0.15, 0.2) is 6.56 Å². The smallest absolute Gasteiger partial charge is 0.320 e. The predicted molar refractivity (Wildman–Crippen MR) is 358 cm³/mol. The van der Waals surface area contributed by atoms with Crippen LogP contribution in [0.4, 0.5) is 0 Å². The van der Waals surface area contributed by atoms with Crippen molar-refractivity contribution in [1.82, 2.24) is 18.7 Å². The van der Waals surface area contributed by atoms with Crippen molar-refractivity contribution in [3.63, 3.8) is 0 Å². The number of rotatable bonds is 20.